The van der Waals surface area contributed by atoms with E-state index in [4.69, 9.17) is 21.1 Å². The second-order valence-corrected chi connectivity index (χ2v) is 6.64. The highest BCUT2D eigenvalue weighted by Gasteiger charge is 2.17. The van der Waals surface area contributed by atoms with Gasteiger partial charge in [0.1, 0.15) is 0 Å². The number of ether oxygens (including phenoxy) is 2. The number of amides is 1. The maximum atomic E-state index is 12.3. The molecule has 0 saturated heterocycles. The predicted octanol–water partition coefficient (Wildman–Crippen LogP) is 3.38. The van der Waals surface area contributed by atoms with Crippen molar-refractivity contribution in [3.63, 3.8) is 0 Å². The molecule has 3 rings (SSSR count). The molecule has 0 aliphatic carbocycles. The van der Waals surface area contributed by atoms with E-state index in [-0.39, 0.29) is 18.7 Å². The summed E-state index contributed by atoms with van der Waals surface area (Å²) in [6.07, 6.45) is 0. The lowest BCUT2D eigenvalue weighted by Crippen LogP contribution is -2.36. The standard InChI is InChI=1S/C19H21ClN2O3/c1-13(15-5-8-17-18(9-15)25-12-24-17)21-19(23)11-22(2)10-14-3-6-16(20)7-4-14/h3-9,13H,10-12H2,1-2H3,(H,21,23)/t13-/m0/s1. The quantitative estimate of drug-likeness (QED) is 0.858. The van der Waals surface area contributed by atoms with Crippen LogP contribution in [0.5, 0.6) is 11.5 Å². The SMILES string of the molecule is C[C@H](NC(=O)CN(C)Cc1ccc(Cl)cc1)c1ccc2c(c1)OCO2. The first-order valence-corrected chi connectivity index (χ1v) is 8.51. The van der Waals surface area contributed by atoms with Crippen LogP contribution < -0.4 is 14.8 Å². The molecule has 1 N–H and O–H groups in total. The molecule has 5 nitrogen and oxygen atoms in total. The molecular formula is C19H21ClN2O3. The average Bonchev–Trinajstić information content (AvgIpc) is 3.04. The van der Waals surface area contributed by atoms with E-state index in [1.165, 1.54) is 0 Å². The predicted molar refractivity (Wildman–Crippen MR) is 96.9 cm³/mol. The van der Waals surface area contributed by atoms with Crippen molar-refractivity contribution in [1.82, 2.24) is 10.2 Å². The summed E-state index contributed by atoms with van der Waals surface area (Å²) in [5, 5.41) is 3.72. The normalized spacial score (nSPS) is 13.8. The molecule has 0 fully saturated rings. The molecule has 132 valence electrons. The topological polar surface area (TPSA) is 50.8 Å². The van der Waals surface area contributed by atoms with Crippen molar-refractivity contribution in [3.05, 3.63) is 58.6 Å². The van der Waals surface area contributed by atoms with Crippen LogP contribution >= 0.6 is 11.6 Å². The van der Waals surface area contributed by atoms with Gasteiger partial charge in [0, 0.05) is 11.6 Å². The number of rotatable bonds is 6. The maximum Gasteiger partial charge on any atom is 0.234 e. The second kappa shape index (κ2) is 7.76. The van der Waals surface area contributed by atoms with Gasteiger partial charge in [-0.25, -0.2) is 0 Å². The van der Waals surface area contributed by atoms with Crippen LogP contribution in [0.4, 0.5) is 0 Å². The lowest BCUT2D eigenvalue weighted by molar-refractivity contribution is -0.122. The van der Waals surface area contributed by atoms with Crippen LogP contribution in [-0.2, 0) is 11.3 Å². The van der Waals surface area contributed by atoms with Crippen LogP contribution in [0.15, 0.2) is 42.5 Å². The fourth-order valence-electron chi connectivity index (χ4n) is 2.76. The summed E-state index contributed by atoms with van der Waals surface area (Å²) in [6.45, 7) is 3.20. The Balaban J connectivity index is 1.52. The summed E-state index contributed by atoms with van der Waals surface area (Å²) in [5.74, 6) is 1.44. The first-order chi connectivity index (χ1) is 12.0. The molecular weight excluding hydrogens is 340 g/mol. The number of carbonyl (C=O) groups excluding carboxylic acids is 1. The first kappa shape index (κ1) is 17.6. The van der Waals surface area contributed by atoms with E-state index >= 15 is 0 Å². The molecule has 6 heteroatoms. The van der Waals surface area contributed by atoms with Crippen LogP contribution in [0.2, 0.25) is 5.02 Å². The summed E-state index contributed by atoms with van der Waals surface area (Å²) in [4.78, 5) is 14.2. The second-order valence-electron chi connectivity index (χ2n) is 6.20. The highest BCUT2D eigenvalue weighted by Crippen LogP contribution is 2.34. The Morgan fingerprint density at radius 2 is 1.92 bits per heavy atom. The van der Waals surface area contributed by atoms with Crippen molar-refractivity contribution in [2.75, 3.05) is 20.4 Å². The monoisotopic (exact) mass is 360 g/mol. The van der Waals surface area contributed by atoms with Crippen molar-refractivity contribution in [3.8, 4) is 11.5 Å². The Hall–Kier alpha value is -2.24. The lowest BCUT2D eigenvalue weighted by Gasteiger charge is -2.19. The number of carbonyl (C=O) groups is 1. The summed E-state index contributed by atoms with van der Waals surface area (Å²) in [6, 6.07) is 13.2. The molecule has 0 radical (unpaired) electrons. The number of likely N-dealkylation sites (N-methyl/N-ethyl adjacent to an activating group) is 1. The molecule has 2 aromatic carbocycles. The average molecular weight is 361 g/mol. The highest BCUT2D eigenvalue weighted by molar-refractivity contribution is 6.30. The molecule has 1 aliphatic heterocycles. The molecule has 1 aliphatic rings. The van der Waals surface area contributed by atoms with E-state index < -0.39 is 0 Å². The number of hydrogen-bond donors (Lipinski definition) is 1. The fraction of sp³-hybridized carbons (Fsp3) is 0.316. The Kier molecular flexibility index (Phi) is 5.46. The summed E-state index contributed by atoms with van der Waals surface area (Å²) < 4.78 is 10.7. The van der Waals surface area contributed by atoms with Crippen molar-refractivity contribution in [2.24, 2.45) is 0 Å². The van der Waals surface area contributed by atoms with E-state index in [0.717, 1.165) is 22.6 Å². The lowest BCUT2D eigenvalue weighted by atomic mass is 10.1. The highest BCUT2D eigenvalue weighted by atomic mass is 35.5. The number of benzene rings is 2. The number of nitrogens with one attached hydrogen (secondary N) is 1. The molecule has 0 bridgehead atoms. The number of hydrogen-bond acceptors (Lipinski definition) is 4. The third-order valence-corrected chi connectivity index (χ3v) is 4.31. The largest absolute Gasteiger partial charge is 0.454 e. The van der Waals surface area contributed by atoms with Crippen LogP contribution in [-0.4, -0.2) is 31.2 Å². The minimum atomic E-state index is -0.106. The molecule has 0 aromatic heterocycles. The van der Waals surface area contributed by atoms with E-state index in [2.05, 4.69) is 5.32 Å². The van der Waals surface area contributed by atoms with Gasteiger partial charge in [0.15, 0.2) is 11.5 Å². The van der Waals surface area contributed by atoms with Gasteiger partial charge in [0.2, 0.25) is 12.7 Å². The summed E-state index contributed by atoms with van der Waals surface area (Å²) >= 11 is 5.89. The first-order valence-electron chi connectivity index (χ1n) is 8.13. The van der Waals surface area contributed by atoms with Crippen LogP contribution in [0.3, 0.4) is 0 Å². The third kappa shape index (κ3) is 4.65. The van der Waals surface area contributed by atoms with Gasteiger partial charge in [-0.2, -0.15) is 0 Å². The Bertz CT molecular complexity index is 749. The summed E-state index contributed by atoms with van der Waals surface area (Å²) in [7, 11) is 1.92. The third-order valence-electron chi connectivity index (χ3n) is 4.05. The zero-order valence-electron chi connectivity index (χ0n) is 14.3. The minimum absolute atomic E-state index is 0.0263. The van der Waals surface area contributed by atoms with Gasteiger partial charge in [0.05, 0.1) is 12.6 Å². The minimum Gasteiger partial charge on any atom is -0.454 e. The van der Waals surface area contributed by atoms with E-state index in [0.29, 0.717) is 18.1 Å². The van der Waals surface area contributed by atoms with Gasteiger partial charge < -0.3 is 14.8 Å². The van der Waals surface area contributed by atoms with E-state index in [1.54, 1.807) is 0 Å². The van der Waals surface area contributed by atoms with Crippen LogP contribution in [0, 0.1) is 0 Å². The number of nitrogens with zero attached hydrogens (tertiary/aromatic N) is 1. The molecule has 1 heterocycles. The maximum absolute atomic E-state index is 12.3. The van der Waals surface area contributed by atoms with Crippen molar-refractivity contribution in [1.29, 1.82) is 0 Å². The number of halogens is 1. The van der Waals surface area contributed by atoms with Gasteiger partial charge >= 0.3 is 0 Å². The van der Waals surface area contributed by atoms with Crippen LogP contribution in [0.25, 0.3) is 0 Å². The Labute approximate surface area is 152 Å². The van der Waals surface area contributed by atoms with Crippen molar-refractivity contribution < 1.29 is 14.3 Å². The molecule has 2 aromatic rings. The van der Waals surface area contributed by atoms with E-state index in [9.17, 15) is 4.79 Å². The molecule has 0 saturated carbocycles. The van der Waals surface area contributed by atoms with Gasteiger partial charge in [-0.3, -0.25) is 9.69 Å². The van der Waals surface area contributed by atoms with Gasteiger partial charge in [0.25, 0.3) is 0 Å². The Morgan fingerprint density at radius 3 is 2.68 bits per heavy atom. The van der Waals surface area contributed by atoms with Crippen LogP contribution in [0.1, 0.15) is 24.1 Å². The molecule has 1 atom stereocenters. The van der Waals surface area contributed by atoms with Crippen molar-refractivity contribution >= 4 is 17.5 Å². The van der Waals surface area contributed by atoms with Gasteiger partial charge in [-0.15, -0.1) is 0 Å². The zero-order chi connectivity index (χ0) is 17.8. The molecule has 0 spiro atoms. The van der Waals surface area contributed by atoms with Gasteiger partial charge in [-0.05, 0) is 49.4 Å². The molecule has 0 unspecified atom stereocenters. The zero-order valence-corrected chi connectivity index (χ0v) is 15.0. The number of fused-ring (bicyclic) bond motifs is 1. The Morgan fingerprint density at radius 1 is 1.20 bits per heavy atom. The fourth-order valence-corrected chi connectivity index (χ4v) is 2.88. The summed E-state index contributed by atoms with van der Waals surface area (Å²) in [5.41, 5.74) is 2.10. The van der Waals surface area contributed by atoms with Crippen molar-refractivity contribution in [2.45, 2.75) is 19.5 Å². The smallest absolute Gasteiger partial charge is 0.234 e. The van der Waals surface area contributed by atoms with E-state index in [1.807, 2.05) is 61.3 Å². The van der Waals surface area contributed by atoms with Gasteiger partial charge in [-0.1, -0.05) is 29.8 Å². The molecule has 25 heavy (non-hydrogen) atoms. The molecule has 1 amide bonds.